The highest BCUT2D eigenvalue weighted by Gasteiger charge is 2.05. The fraction of sp³-hybridized carbons (Fsp3) is 0.273. The first-order chi connectivity index (χ1) is 8.20. The minimum absolute atomic E-state index is 0.777. The standard InChI is InChI=1S/C11H13BrN4S/c1-2-16-11(14-7-15-16)6-17-10-4-3-8(12)5-9(10)13/h3-5,7H,2,6,13H2,1H3. The van der Waals surface area contributed by atoms with E-state index >= 15 is 0 Å². The van der Waals surface area contributed by atoms with Gasteiger partial charge >= 0.3 is 0 Å². The van der Waals surface area contributed by atoms with E-state index in [0.717, 1.165) is 33.2 Å². The van der Waals surface area contributed by atoms with E-state index in [-0.39, 0.29) is 0 Å². The van der Waals surface area contributed by atoms with E-state index in [9.17, 15) is 0 Å². The molecule has 2 rings (SSSR count). The van der Waals surface area contributed by atoms with Gasteiger partial charge in [-0.25, -0.2) is 9.67 Å². The van der Waals surface area contributed by atoms with E-state index in [1.807, 2.05) is 22.9 Å². The highest BCUT2D eigenvalue weighted by atomic mass is 79.9. The second-order valence-corrected chi connectivity index (χ2v) is 5.40. The zero-order valence-corrected chi connectivity index (χ0v) is 11.8. The number of anilines is 1. The fourth-order valence-corrected chi connectivity index (χ4v) is 2.73. The van der Waals surface area contributed by atoms with Crippen LogP contribution in [0.5, 0.6) is 0 Å². The van der Waals surface area contributed by atoms with E-state index in [2.05, 4.69) is 32.9 Å². The summed E-state index contributed by atoms with van der Waals surface area (Å²) >= 11 is 5.07. The van der Waals surface area contributed by atoms with Gasteiger partial charge in [-0.2, -0.15) is 5.10 Å². The molecule has 0 amide bonds. The molecule has 0 radical (unpaired) electrons. The Labute approximate surface area is 113 Å². The number of hydrogen-bond donors (Lipinski definition) is 1. The van der Waals surface area contributed by atoms with Crippen molar-refractivity contribution in [1.82, 2.24) is 14.8 Å². The molecule has 6 heteroatoms. The molecule has 2 aromatic rings. The number of halogens is 1. The van der Waals surface area contributed by atoms with E-state index in [1.165, 1.54) is 0 Å². The highest BCUT2D eigenvalue weighted by Crippen LogP contribution is 2.29. The molecule has 17 heavy (non-hydrogen) atoms. The number of aryl methyl sites for hydroxylation is 1. The maximum Gasteiger partial charge on any atom is 0.138 e. The van der Waals surface area contributed by atoms with Gasteiger partial charge in [0.25, 0.3) is 0 Å². The van der Waals surface area contributed by atoms with E-state index in [1.54, 1.807) is 18.1 Å². The molecule has 4 nitrogen and oxygen atoms in total. The number of rotatable bonds is 4. The van der Waals surface area contributed by atoms with Gasteiger partial charge in [-0.3, -0.25) is 0 Å². The minimum atomic E-state index is 0.777. The second kappa shape index (κ2) is 5.55. The lowest BCUT2D eigenvalue weighted by atomic mass is 10.3. The van der Waals surface area contributed by atoms with E-state index in [0.29, 0.717) is 0 Å². The van der Waals surface area contributed by atoms with Crippen LogP contribution in [0.3, 0.4) is 0 Å². The summed E-state index contributed by atoms with van der Waals surface area (Å²) < 4.78 is 2.89. The molecule has 0 saturated carbocycles. The third-order valence-electron chi connectivity index (χ3n) is 2.32. The zero-order valence-electron chi connectivity index (χ0n) is 9.43. The second-order valence-electron chi connectivity index (χ2n) is 3.46. The number of benzene rings is 1. The van der Waals surface area contributed by atoms with Crippen LogP contribution in [0.4, 0.5) is 5.69 Å². The van der Waals surface area contributed by atoms with Crippen molar-refractivity contribution in [2.45, 2.75) is 24.1 Å². The Bertz CT molecular complexity index is 512. The monoisotopic (exact) mass is 312 g/mol. The van der Waals surface area contributed by atoms with E-state index < -0.39 is 0 Å². The highest BCUT2D eigenvalue weighted by molar-refractivity contribution is 9.10. The molecule has 1 heterocycles. The van der Waals surface area contributed by atoms with Gasteiger partial charge in [-0.05, 0) is 25.1 Å². The first-order valence-electron chi connectivity index (χ1n) is 5.25. The van der Waals surface area contributed by atoms with Crippen molar-refractivity contribution in [2.75, 3.05) is 5.73 Å². The van der Waals surface area contributed by atoms with Crippen molar-refractivity contribution in [3.63, 3.8) is 0 Å². The van der Waals surface area contributed by atoms with Crippen molar-refractivity contribution in [1.29, 1.82) is 0 Å². The van der Waals surface area contributed by atoms with Crippen molar-refractivity contribution in [3.05, 3.63) is 34.8 Å². The van der Waals surface area contributed by atoms with Gasteiger partial charge in [-0.15, -0.1) is 11.8 Å². The van der Waals surface area contributed by atoms with Crippen LogP contribution in [-0.4, -0.2) is 14.8 Å². The summed E-state index contributed by atoms with van der Waals surface area (Å²) in [5, 5.41) is 4.14. The predicted octanol–water partition coefficient (Wildman–Crippen LogP) is 2.94. The van der Waals surface area contributed by atoms with Crippen LogP contribution in [-0.2, 0) is 12.3 Å². The molecule has 0 atom stereocenters. The number of thioether (sulfide) groups is 1. The molecular weight excluding hydrogens is 300 g/mol. The van der Waals surface area contributed by atoms with Crippen molar-refractivity contribution in [3.8, 4) is 0 Å². The number of nitrogens with two attached hydrogens (primary N) is 1. The quantitative estimate of drug-likeness (QED) is 0.696. The van der Waals surface area contributed by atoms with Crippen molar-refractivity contribution < 1.29 is 0 Å². The maximum absolute atomic E-state index is 5.94. The smallest absolute Gasteiger partial charge is 0.138 e. The van der Waals surface area contributed by atoms with Gasteiger partial charge in [0.05, 0.1) is 5.75 Å². The molecule has 0 aliphatic carbocycles. The number of nitrogens with zero attached hydrogens (tertiary/aromatic N) is 3. The summed E-state index contributed by atoms with van der Waals surface area (Å²) in [6.07, 6.45) is 1.59. The Morgan fingerprint density at radius 3 is 3.00 bits per heavy atom. The average molecular weight is 313 g/mol. The van der Waals surface area contributed by atoms with Crippen molar-refractivity contribution >= 4 is 33.4 Å². The fourth-order valence-electron chi connectivity index (χ4n) is 1.46. The predicted molar refractivity (Wildman–Crippen MR) is 73.8 cm³/mol. The topological polar surface area (TPSA) is 56.7 Å². The number of hydrogen-bond acceptors (Lipinski definition) is 4. The molecule has 0 spiro atoms. The molecule has 0 aliphatic heterocycles. The summed E-state index contributed by atoms with van der Waals surface area (Å²) in [4.78, 5) is 5.30. The lowest BCUT2D eigenvalue weighted by Crippen LogP contribution is -2.02. The molecule has 90 valence electrons. The normalized spacial score (nSPS) is 10.7. The lowest BCUT2D eigenvalue weighted by molar-refractivity contribution is 0.632. The molecule has 0 unspecified atom stereocenters. The van der Waals surface area contributed by atoms with Gasteiger partial charge in [0, 0.05) is 21.6 Å². The van der Waals surface area contributed by atoms with Crippen LogP contribution in [0, 0.1) is 0 Å². The molecule has 0 aliphatic rings. The molecule has 0 bridgehead atoms. The Kier molecular flexibility index (Phi) is 4.06. The zero-order chi connectivity index (χ0) is 12.3. The molecule has 2 N–H and O–H groups in total. The maximum atomic E-state index is 5.94. The average Bonchev–Trinajstić information content (AvgIpc) is 2.75. The number of aromatic nitrogens is 3. The number of nitrogen functional groups attached to an aromatic ring is 1. The molecule has 1 aromatic carbocycles. The van der Waals surface area contributed by atoms with Crippen LogP contribution < -0.4 is 5.73 Å². The Hall–Kier alpha value is -1.01. The third kappa shape index (κ3) is 3.01. The third-order valence-corrected chi connectivity index (χ3v) is 3.90. The summed E-state index contributed by atoms with van der Waals surface area (Å²) in [7, 11) is 0. The van der Waals surface area contributed by atoms with Gasteiger partial charge in [0.2, 0.25) is 0 Å². The molecule has 0 saturated heterocycles. The van der Waals surface area contributed by atoms with Crippen LogP contribution in [0.1, 0.15) is 12.7 Å². The van der Waals surface area contributed by atoms with Gasteiger partial charge in [-0.1, -0.05) is 15.9 Å². The Balaban J connectivity index is 2.07. The molecule has 0 fully saturated rings. The minimum Gasteiger partial charge on any atom is -0.398 e. The van der Waals surface area contributed by atoms with E-state index in [4.69, 9.17) is 5.73 Å². The first-order valence-corrected chi connectivity index (χ1v) is 7.03. The van der Waals surface area contributed by atoms with Gasteiger partial charge < -0.3 is 5.73 Å². The summed E-state index contributed by atoms with van der Waals surface area (Å²) in [5.74, 6) is 1.75. The summed E-state index contributed by atoms with van der Waals surface area (Å²) in [6, 6.07) is 5.91. The SMILES string of the molecule is CCn1ncnc1CSc1ccc(Br)cc1N. The van der Waals surface area contributed by atoms with Crippen LogP contribution in [0.2, 0.25) is 0 Å². The summed E-state index contributed by atoms with van der Waals surface area (Å²) in [5.41, 5.74) is 6.72. The summed E-state index contributed by atoms with van der Waals surface area (Å²) in [6.45, 7) is 2.89. The lowest BCUT2D eigenvalue weighted by Gasteiger charge is -2.06. The molecular formula is C11H13BrN4S. The largest absolute Gasteiger partial charge is 0.398 e. The molecule has 1 aromatic heterocycles. The van der Waals surface area contributed by atoms with Crippen molar-refractivity contribution in [2.24, 2.45) is 0 Å². The van der Waals surface area contributed by atoms with Gasteiger partial charge in [0.15, 0.2) is 0 Å². The Morgan fingerprint density at radius 2 is 2.29 bits per heavy atom. The first kappa shape index (κ1) is 12.4. The van der Waals surface area contributed by atoms with Crippen LogP contribution in [0.15, 0.2) is 33.9 Å². The van der Waals surface area contributed by atoms with Crippen LogP contribution >= 0.6 is 27.7 Å². The van der Waals surface area contributed by atoms with Crippen LogP contribution in [0.25, 0.3) is 0 Å². The Morgan fingerprint density at radius 1 is 1.47 bits per heavy atom. The van der Waals surface area contributed by atoms with Gasteiger partial charge in [0.1, 0.15) is 12.2 Å².